The quantitative estimate of drug-likeness (QED) is 0.598. The van der Waals surface area contributed by atoms with Crippen molar-refractivity contribution in [3.05, 3.63) is 0 Å². The Hall–Kier alpha value is -0.260. The minimum atomic E-state index is -0.219. The average Bonchev–Trinajstić information content (AvgIpc) is 2.28. The third-order valence-electron chi connectivity index (χ3n) is 2.09. The number of rotatable bonds is 9. The molecule has 0 amide bonds. The van der Waals surface area contributed by atoms with Crippen molar-refractivity contribution in [2.45, 2.75) is 38.5 Å². The topological polar surface area (TPSA) is 58.6 Å². The first kappa shape index (κ1) is 15.7. The summed E-state index contributed by atoms with van der Waals surface area (Å²) >= 11 is 1.67. The largest absolute Gasteiger partial charge is 0.465 e. The summed E-state index contributed by atoms with van der Waals surface area (Å²) in [5.74, 6) is 0.666. The van der Waals surface area contributed by atoms with Gasteiger partial charge in [-0.05, 0) is 25.6 Å². The zero-order valence-corrected chi connectivity index (χ0v) is 11.2. The zero-order chi connectivity index (χ0) is 12.4. The summed E-state index contributed by atoms with van der Waals surface area (Å²) in [6.45, 7) is 7.09. The molecular weight excluding hydrogens is 226 g/mol. The van der Waals surface area contributed by atoms with Crippen LogP contribution in [0, 0.1) is 0 Å². The van der Waals surface area contributed by atoms with E-state index in [2.05, 4.69) is 5.32 Å². The SMILES string of the molecule is CCNC(CCSC(C)CO)C(=O)OCC. The third kappa shape index (κ3) is 7.09. The zero-order valence-electron chi connectivity index (χ0n) is 10.4. The molecule has 0 rings (SSSR count). The first-order valence-corrected chi connectivity index (χ1v) is 6.83. The molecule has 0 fully saturated rings. The van der Waals surface area contributed by atoms with Crippen molar-refractivity contribution in [1.82, 2.24) is 5.32 Å². The predicted octanol–water partition coefficient (Wildman–Crippen LogP) is 1.03. The Labute approximate surface area is 102 Å². The highest BCUT2D eigenvalue weighted by atomic mass is 32.2. The number of esters is 1. The Morgan fingerprint density at radius 3 is 2.69 bits per heavy atom. The molecule has 2 atom stereocenters. The summed E-state index contributed by atoms with van der Waals surface area (Å²) in [7, 11) is 0. The molecule has 0 radical (unpaired) electrons. The summed E-state index contributed by atoms with van der Waals surface area (Å²) in [5, 5.41) is 12.2. The van der Waals surface area contributed by atoms with Gasteiger partial charge in [-0.15, -0.1) is 0 Å². The highest BCUT2D eigenvalue weighted by molar-refractivity contribution is 7.99. The molecule has 0 aromatic carbocycles. The second-order valence-electron chi connectivity index (χ2n) is 3.51. The van der Waals surface area contributed by atoms with E-state index in [1.54, 1.807) is 11.8 Å². The van der Waals surface area contributed by atoms with E-state index in [0.717, 1.165) is 18.7 Å². The number of nitrogens with one attached hydrogen (secondary N) is 1. The maximum atomic E-state index is 11.5. The number of aliphatic hydroxyl groups is 1. The van der Waals surface area contributed by atoms with E-state index < -0.39 is 0 Å². The molecule has 0 aromatic heterocycles. The first-order chi connectivity index (χ1) is 7.65. The number of thioether (sulfide) groups is 1. The number of hydrogen-bond acceptors (Lipinski definition) is 5. The minimum Gasteiger partial charge on any atom is -0.465 e. The maximum Gasteiger partial charge on any atom is 0.323 e. The van der Waals surface area contributed by atoms with Gasteiger partial charge >= 0.3 is 5.97 Å². The van der Waals surface area contributed by atoms with Crippen molar-refractivity contribution in [2.75, 3.05) is 25.5 Å². The number of likely N-dealkylation sites (N-methyl/N-ethyl adjacent to an activating group) is 1. The second kappa shape index (κ2) is 9.93. The fourth-order valence-electron chi connectivity index (χ4n) is 1.23. The molecule has 0 spiro atoms. The molecule has 2 N–H and O–H groups in total. The molecule has 0 aliphatic carbocycles. The Kier molecular flexibility index (Phi) is 9.77. The molecule has 96 valence electrons. The Morgan fingerprint density at radius 2 is 2.19 bits per heavy atom. The van der Waals surface area contributed by atoms with Gasteiger partial charge < -0.3 is 15.2 Å². The fourth-order valence-corrected chi connectivity index (χ4v) is 2.11. The number of carbonyl (C=O) groups is 1. The summed E-state index contributed by atoms with van der Waals surface area (Å²) in [6.07, 6.45) is 0.738. The summed E-state index contributed by atoms with van der Waals surface area (Å²) in [6, 6.07) is -0.219. The average molecular weight is 249 g/mol. The molecule has 0 aliphatic rings. The van der Waals surface area contributed by atoms with Crippen molar-refractivity contribution in [2.24, 2.45) is 0 Å². The van der Waals surface area contributed by atoms with E-state index in [0.29, 0.717) is 6.61 Å². The lowest BCUT2D eigenvalue weighted by Gasteiger charge is -2.16. The normalized spacial score (nSPS) is 14.5. The van der Waals surface area contributed by atoms with E-state index in [1.165, 1.54) is 0 Å². The second-order valence-corrected chi connectivity index (χ2v) is 5.06. The van der Waals surface area contributed by atoms with Gasteiger partial charge in [0.1, 0.15) is 6.04 Å². The lowest BCUT2D eigenvalue weighted by Crippen LogP contribution is -2.38. The van der Waals surface area contributed by atoms with Crippen LogP contribution in [0.2, 0.25) is 0 Å². The number of ether oxygens (including phenoxy) is 1. The number of hydrogen-bond donors (Lipinski definition) is 2. The van der Waals surface area contributed by atoms with Gasteiger partial charge in [0, 0.05) is 5.25 Å². The third-order valence-corrected chi connectivity index (χ3v) is 3.28. The Balaban J connectivity index is 3.88. The van der Waals surface area contributed by atoms with Gasteiger partial charge in [-0.1, -0.05) is 13.8 Å². The summed E-state index contributed by atoms with van der Waals surface area (Å²) in [4.78, 5) is 11.5. The molecule has 0 saturated heterocycles. The van der Waals surface area contributed by atoms with E-state index in [-0.39, 0.29) is 23.9 Å². The van der Waals surface area contributed by atoms with Crippen molar-refractivity contribution < 1.29 is 14.6 Å². The summed E-state index contributed by atoms with van der Waals surface area (Å²) < 4.78 is 4.98. The van der Waals surface area contributed by atoms with Crippen LogP contribution in [0.4, 0.5) is 0 Å². The van der Waals surface area contributed by atoms with Crippen molar-refractivity contribution >= 4 is 17.7 Å². The smallest absolute Gasteiger partial charge is 0.323 e. The molecular formula is C11H23NO3S. The van der Waals surface area contributed by atoms with Crippen molar-refractivity contribution in [3.63, 3.8) is 0 Å². The lowest BCUT2D eigenvalue weighted by molar-refractivity contribution is -0.145. The molecule has 0 aliphatic heterocycles. The van der Waals surface area contributed by atoms with Gasteiger partial charge in [-0.3, -0.25) is 4.79 Å². The van der Waals surface area contributed by atoms with E-state index in [9.17, 15) is 4.79 Å². The molecule has 0 aromatic rings. The highest BCUT2D eigenvalue weighted by Crippen LogP contribution is 2.12. The van der Waals surface area contributed by atoms with Crippen LogP contribution in [0.1, 0.15) is 27.2 Å². The molecule has 0 saturated carbocycles. The van der Waals surface area contributed by atoms with E-state index in [1.807, 2.05) is 20.8 Å². The van der Waals surface area contributed by atoms with Gasteiger partial charge in [-0.2, -0.15) is 11.8 Å². The first-order valence-electron chi connectivity index (χ1n) is 5.78. The summed E-state index contributed by atoms with van der Waals surface area (Å²) in [5.41, 5.74) is 0. The minimum absolute atomic E-state index is 0.177. The highest BCUT2D eigenvalue weighted by Gasteiger charge is 2.18. The predicted molar refractivity (Wildman–Crippen MR) is 67.7 cm³/mol. The van der Waals surface area contributed by atoms with Gasteiger partial charge in [0.25, 0.3) is 0 Å². The van der Waals surface area contributed by atoms with Crippen LogP contribution in [0.3, 0.4) is 0 Å². The molecule has 16 heavy (non-hydrogen) atoms. The van der Waals surface area contributed by atoms with Crippen LogP contribution in [0.15, 0.2) is 0 Å². The van der Waals surface area contributed by atoms with Crippen LogP contribution >= 0.6 is 11.8 Å². The maximum absolute atomic E-state index is 11.5. The van der Waals surface area contributed by atoms with Crippen molar-refractivity contribution in [3.8, 4) is 0 Å². The van der Waals surface area contributed by atoms with Gasteiger partial charge in [0.15, 0.2) is 0 Å². The molecule has 2 unspecified atom stereocenters. The molecule has 5 heteroatoms. The van der Waals surface area contributed by atoms with Crippen LogP contribution in [-0.4, -0.2) is 47.9 Å². The molecule has 0 bridgehead atoms. The van der Waals surface area contributed by atoms with Gasteiger partial charge in [0.05, 0.1) is 13.2 Å². The van der Waals surface area contributed by atoms with Gasteiger partial charge in [0.2, 0.25) is 0 Å². The van der Waals surface area contributed by atoms with Crippen molar-refractivity contribution in [1.29, 1.82) is 0 Å². The van der Waals surface area contributed by atoms with E-state index >= 15 is 0 Å². The lowest BCUT2D eigenvalue weighted by atomic mass is 10.2. The number of aliphatic hydroxyl groups excluding tert-OH is 1. The van der Waals surface area contributed by atoms with Crippen LogP contribution in [-0.2, 0) is 9.53 Å². The Bertz CT molecular complexity index is 190. The standard InChI is InChI=1S/C11H23NO3S/c1-4-12-10(11(14)15-5-2)6-7-16-9(3)8-13/h9-10,12-13H,4-8H2,1-3H3. The monoisotopic (exact) mass is 249 g/mol. The van der Waals surface area contributed by atoms with Gasteiger partial charge in [-0.25, -0.2) is 0 Å². The molecule has 0 heterocycles. The van der Waals surface area contributed by atoms with Crippen LogP contribution < -0.4 is 5.32 Å². The van der Waals surface area contributed by atoms with Crippen LogP contribution in [0.25, 0.3) is 0 Å². The van der Waals surface area contributed by atoms with Crippen LogP contribution in [0.5, 0.6) is 0 Å². The van der Waals surface area contributed by atoms with E-state index in [4.69, 9.17) is 9.84 Å². The Morgan fingerprint density at radius 1 is 1.50 bits per heavy atom. The fraction of sp³-hybridized carbons (Fsp3) is 0.909. The number of carbonyl (C=O) groups excluding carboxylic acids is 1. The molecule has 4 nitrogen and oxygen atoms in total.